The molecule has 8 heteroatoms. The lowest BCUT2D eigenvalue weighted by Crippen LogP contribution is -2.32. The summed E-state index contributed by atoms with van der Waals surface area (Å²) in [4.78, 5) is 27.0. The number of nitrogens with one attached hydrogen (secondary N) is 1. The molecule has 27 heavy (non-hydrogen) atoms. The normalized spacial score (nSPS) is 14.7. The molecule has 1 aliphatic rings. The number of fused-ring (bicyclic) bond motifs is 1. The lowest BCUT2D eigenvalue weighted by atomic mass is 10.1. The molecule has 1 aromatic carbocycles. The van der Waals surface area contributed by atoms with Gasteiger partial charge >= 0.3 is 0 Å². The maximum absolute atomic E-state index is 12.8. The predicted octanol–water partition coefficient (Wildman–Crippen LogP) is 4.10. The van der Waals surface area contributed by atoms with Crippen LogP contribution in [0.3, 0.4) is 0 Å². The molecule has 1 fully saturated rings. The van der Waals surface area contributed by atoms with E-state index in [-0.39, 0.29) is 5.56 Å². The molecular formula is C19H20ClN5OS. The molecule has 0 bridgehead atoms. The van der Waals surface area contributed by atoms with Gasteiger partial charge in [0.25, 0.3) is 5.56 Å². The fourth-order valence-corrected chi connectivity index (χ4v) is 4.15. The van der Waals surface area contributed by atoms with E-state index >= 15 is 0 Å². The van der Waals surface area contributed by atoms with Crippen LogP contribution >= 0.6 is 23.8 Å². The first-order chi connectivity index (χ1) is 13.0. The maximum atomic E-state index is 12.8. The molecule has 4 rings (SSSR count). The quantitative estimate of drug-likeness (QED) is 0.655. The zero-order valence-electron chi connectivity index (χ0n) is 15.3. The largest absolute Gasteiger partial charge is 0.342 e. The number of hydrogen-bond acceptors (Lipinski definition) is 5. The van der Waals surface area contributed by atoms with Gasteiger partial charge in [-0.15, -0.1) is 0 Å². The summed E-state index contributed by atoms with van der Waals surface area (Å²) in [5.74, 6) is 1.24. The Morgan fingerprint density at radius 1 is 1.15 bits per heavy atom. The van der Waals surface area contributed by atoms with Gasteiger partial charge in [0, 0.05) is 18.1 Å². The van der Waals surface area contributed by atoms with E-state index in [9.17, 15) is 4.79 Å². The van der Waals surface area contributed by atoms with Gasteiger partial charge in [-0.25, -0.2) is 4.98 Å². The summed E-state index contributed by atoms with van der Waals surface area (Å²) in [5.41, 5.74) is 1.83. The van der Waals surface area contributed by atoms with Crippen LogP contribution in [0, 0.1) is 18.5 Å². The van der Waals surface area contributed by atoms with Crippen molar-refractivity contribution < 1.29 is 0 Å². The van der Waals surface area contributed by atoms with Crippen molar-refractivity contribution in [2.24, 2.45) is 0 Å². The number of anilines is 1. The first-order valence-corrected chi connectivity index (χ1v) is 9.80. The van der Waals surface area contributed by atoms with Crippen LogP contribution in [0.5, 0.6) is 0 Å². The van der Waals surface area contributed by atoms with Crippen molar-refractivity contribution in [3.05, 3.63) is 49.6 Å². The topological polar surface area (TPSA) is 66.8 Å². The van der Waals surface area contributed by atoms with Crippen LogP contribution in [0.2, 0.25) is 5.02 Å². The van der Waals surface area contributed by atoms with Crippen molar-refractivity contribution in [2.75, 3.05) is 18.0 Å². The van der Waals surface area contributed by atoms with Gasteiger partial charge in [-0.1, -0.05) is 29.9 Å². The molecule has 0 amide bonds. The molecule has 0 spiro atoms. The van der Waals surface area contributed by atoms with Crippen molar-refractivity contribution in [3.63, 3.8) is 0 Å². The SMILES string of the molecule is Cc1c(Cl)cccc1-n1c(C)nc2nc(N3CCCCC3)[nH]c(=O)c2c1=S. The smallest absolute Gasteiger partial charge is 0.264 e. The van der Waals surface area contributed by atoms with Crippen LogP contribution in [-0.4, -0.2) is 32.6 Å². The zero-order valence-corrected chi connectivity index (χ0v) is 16.8. The molecule has 3 heterocycles. The number of piperidine rings is 1. The summed E-state index contributed by atoms with van der Waals surface area (Å²) in [6, 6.07) is 5.60. The van der Waals surface area contributed by atoms with E-state index in [4.69, 9.17) is 23.8 Å². The highest BCUT2D eigenvalue weighted by molar-refractivity contribution is 7.71. The molecule has 1 aliphatic heterocycles. The highest BCUT2D eigenvalue weighted by Gasteiger charge is 2.18. The molecule has 3 aromatic rings. The molecule has 140 valence electrons. The van der Waals surface area contributed by atoms with Crippen LogP contribution in [0.4, 0.5) is 5.95 Å². The summed E-state index contributed by atoms with van der Waals surface area (Å²) in [6.07, 6.45) is 3.41. The van der Waals surface area contributed by atoms with Gasteiger partial charge in [-0.2, -0.15) is 4.98 Å². The number of benzene rings is 1. The molecule has 0 radical (unpaired) electrons. The molecule has 0 atom stereocenters. The highest BCUT2D eigenvalue weighted by atomic mass is 35.5. The second-order valence-electron chi connectivity index (χ2n) is 6.82. The molecular weight excluding hydrogens is 382 g/mol. The van der Waals surface area contributed by atoms with Crippen LogP contribution in [0.15, 0.2) is 23.0 Å². The van der Waals surface area contributed by atoms with Crippen LogP contribution in [-0.2, 0) is 0 Å². The minimum absolute atomic E-state index is 0.258. The number of halogens is 1. The van der Waals surface area contributed by atoms with E-state index in [2.05, 4.69) is 19.9 Å². The Balaban J connectivity index is 1.95. The lowest BCUT2D eigenvalue weighted by molar-refractivity contribution is 0.568. The number of nitrogens with zero attached hydrogens (tertiary/aromatic N) is 4. The van der Waals surface area contributed by atoms with Crippen molar-refractivity contribution in [1.82, 2.24) is 19.5 Å². The zero-order chi connectivity index (χ0) is 19.1. The van der Waals surface area contributed by atoms with E-state index in [0.29, 0.717) is 32.5 Å². The summed E-state index contributed by atoms with van der Waals surface area (Å²) in [6.45, 7) is 5.56. The Kier molecular flexibility index (Phi) is 4.74. The second kappa shape index (κ2) is 7.05. The van der Waals surface area contributed by atoms with Gasteiger partial charge in [0.2, 0.25) is 5.95 Å². The van der Waals surface area contributed by atoms with Crippen LogP contribution in [0.25, 0.3) is 16.7 Å². The predicted molar refractivity (Wildman–Crippen MR) is 111 cm³/mol. The van der Waals surface area contributed by atoms with Crippen LogP contribution in [0.1, 0.15) is 30.7 Å². The van der Waals surface area contributed by atoms with Crippen molar-refractivity contribution in [2.45, 2.75) is 33.1 Å². The minimum Gasteiger partial charge on any atom is -0.342 e. The third-order valence-electron chi connectivity index (χ3n) is 5.03. The molecule has 1 saturated heterocycles. The Morgan fingerprint density at radius 2 is 1.89 bits per heavy atom. The number of rotatable bonds is 2. The molecule has 0 unspecified atom stereocenters. The highest BCUT2D eigenvalue weighted by Crippen LogP contribution is 2.25. The summed E-state index contributed by atoms with van der Waals surface area (Å²) >= 11 is 11.9. The number of H-pyrrole nitrogens is 1. The van der Waals surface area contributed by atoms with Gasteiger partial charge in [0.1, 0.15) is 15.9 Å². The first kappa shape index (κ1) is 18.1. The van der Waals surface area contributed by atoms with Gasteiger partial charge < -0.3 is 4.90 Å². The number of aromatic nitrogens is 4. The van der Waals surface area contributed by atoms with Crippen molar-refractivity contribution in [1.29, 1.82) is 0 Å². The molecule has 0 saturated carbocycles. The average Bonchev–Trinajstić information content (AvgIpc) is 2.65. The third kappa shape index (κ3) is 3.15. The Labute approximate surface area is 166 Å². The van der Waals surface area contributed by atoms with E-state index < -0.39 is 0 Å². The first-order valence-electron chi connectivity index (χ1n) is 9.01. The maximum Gasteiger partial charge on any atom is 0.264 e. The molecule has 0 aliphatic carbocycles. The average molecular weight is 402 g/mol. The lowest BCUT2D eigenvalue weighted by Gasteiger charge is -2.27. The summed E-state index contributed by atoms with van der Waals surface area (Å²) in [5, 5.41) is 0.970. The Bertz CT molecular complexity index is 1150. The summed E-state index contributed by atoms with van der Waals surface area (Å²) in [7, 11) is 0. The summed E-state index contributed by atoms with van der Waals surface area (Å²) < 4.78 is 2.18. The van der Waals surface area contributed by atoms with E-state index in [1.165, 1.54) is 6.42 Å². The molecule has 2 aromatic heterocycles. The number of aryl methyl sites for hydroxylation is 1. The second-order valence-corrected chi connectivity index (χ2v) is 7.61. The Hall–Kier alpha value is -2.25. The number of hydrogen-bond donors (Lipinski definition) is 1. The standard InChI is InChI=1S/C19H20ClN5OS/c1-11-13(20)7-6-8-14(11)25-12(2)21-16-15(18(25)27)17(26)23-19(22-16)24-9-4-3-5-10-24/h6-8H,3-5,9-10H2,1-2H3,(H,22,23,26). The van der Waals surface area contributed by atoms with E-state index in [0.717, 1.165) is 37.2 Å². The van der Waals surface area contributed by atoms with Gasteiger partial charge in [0.05, 0.1) is 5.69 Å². The van der Waals surface area contributed by atoms with Gasteiger partial charge in [-0.3, -0.25) is 14.3 Å². The molecule has 1 N–H and O–H groups in total. The van der Waals surface area contributed by atoms with Gasteiger partial charge in [0.15, 0.2) is 5.65 Å². The van der Waals surface area contributed by atoms with E-state index in [1.807, 2.05) is 32.0 Å². The fourth-order valence-electron chi connectivity index (χ4n) is 3.56. The minimum atomic E-state index is -0.258. The monoisotopic (exact) mass is 401 g/mol. The Morgan fingerprint density at radius 3 is 2.63 bits per heavy atom. The number of aromatic amines is 1. The van der Waals surface area contributed by atoms with Crippen LogP contribution < -0.4 is 10.5 Å². The van der Waals surface area contributed by atoms with Crippen molar-refractivity contribution in [3.8, 4) is 5.69 Å². The van der Waals surface area contributed by atoms with Gasteiger partial charge in [-0.05, 0) is 50.8 Å². The third-order valence-corrected chi connectivity index (χ3v) is 5.83. The van der Waals surface area contributed by atoms with E-state index in [1.54, 1.807) is 4.57 Å². The fraction of sp³-hybridized carbons (Fsp3) is 0.368. The van der Waals surface area contributed by atoms with Crippen molar-refractivity contribution >= 4 is 40.8 Å². The molecule has 6 nitrogen and oxygen atoms in total.